The van der Waals surface area contributed by atoms with E-state index in [9.17, 15) is 4.79 Å². The normalized spacial score (nSPS) is 10.6. The van der Waals surface area contributed by atoms with Gasteiger partial charge in [0.05, 0.1) is 0 Å². The number of carbonyl (C=O) groups is 1. The van der Waals surface area contributed by atoms with Crippen molar-refractivity contribution in [3.8, 4) is 0 Å². The quantitative estimate of drug-likeness (QED) is 0.800. The molecule has 0 N–H and O–H groups in total. The van der Waals surface area contributed by atoms with Gasteiger partial charge in [0, 0.05) is 18.7 Å². The standard InChI is InChI=1S/C17H21NOS/c1-4-18(16-11-13(2)5-6-14(16)3)17(19)8-7-15-9-10-20-12-15/h5-6,9-12H,4,7-8H2,1-3H3. The van der Waals surface area contributed by atoms with Crippen LogP contribution >= 0.6 is 11.3 Å². The minimum absolute atomic E-state index is 0.201. The van der Waals surface area contributed by atoms with Crippen LogP contribution in [0.1, 0.15) is 30.0 Å². The van der Waals surface area contributed by atoms with Gasteiger partial charge >= 0.3 is 0 Å². The van der Waals surface area contributed by atoms with Gasteiger partial charge in [-0.25, -0.2) is 0 Å². The molecule has 20 heavy (non-hydrogen) atoms. The van der Waals surface area contributed by atoms with Crippen molar-refractivity contribution in [2.45, 2.75) is 33.6 Å². The monoisotopic (exact) mass is 287 g/mol. The van der Waals surface area contributed by atoms with E-state index in [0.717, 1.165) is 17.7 Å². The third-order valence-corrected chi connectivity index (χ3v) is 4.21. The van der Waals surface area contributed by atoms with E-state index in [2.05, 4.69) is 48.9 Å². The van der Waals surface area contributed by atoms with E-state index in [4.69, 9.17) is 0 Å². The van der Waals surface area contributed by atoms with Crippen molar-refractivity contribution < 1.29 is 4.79 Å². The molecule has 1 amide bonds. The molecule has 0 atom stereocenters. The van der Waals surface area contributed by atoms with Crippen LogP contribution in [0.3, 0.4) is 0 Å². The SMILES string of the molecule is CCN(C(=O)CCc1ccsc1)c1cc(C)ccc1C. The first-order valence-corrected chi connectivity index (χ1v) is 7.94. The molecule has 106 valence electrons. The minimum atomic E-state index is 0.201. The minimum Gasteiger partial charge on any atom is -0.312 e. The van der Waals surface area contributed by atoms with Gasteiger partial charge in [0.2, 0.25) is 5.91 Å². The lowest BCUT2D eigenvalue weighted by Gasteiger charge is -2.23. The van der Waals surface area contributed by atoms with Crippen LogP contribution in [0, 0.1) is 13.8 Å². The fraction of sp³-hybridized carbons (Fsp3) is 0.353. The lowest BCUT2D eigenvalue weighted by molar-refractivity contribution is -0.118. The summed E-state index contributed by atoms with van der Waals surface area (Å²) in [5, 5.41) is 4.17. The molecular formula is C17H21NOS. The van der Waals surface area contributed by atoms with E-state index in [1.165, 1.54) is 11.1 Å². The van der Waals surface area contributed by atoms with Crippen LogP contribution < -0.4 is 4.90 Å². The van der Waals surface area contributed by atoms with Crippen molar-refractivity contribution in [3.05, 3.63) is 51.7 Å². The van der Waals surface area contributed by atoms with Crippen LogP contribution in [0.25, 0.3) is 0 Å². The molecule has 0 bridgehead atoms. The maximum Gasteiger partial charge on any atom is 0.227 e. The molecule has 2 aromatic rings. The third-order valence-electron chi connectivity index (χ3n) is 3.48. The second-order valence-electron chi connectivity index (χ2n) is 5.06. The molecule has 0 saturated carbocycles. The molecule has 3 heteroatoms. The average molecular weight is 287 g/mol. The van der Waals surface area contributed by atoms with Gasteiger partial charge < -0.3 is 4.90 Å². The zero-order chi connectivity index (χ0) is 14.5. The first kappa shape index (κ1) is 14.8. The van der Waals surface area contributed by atoms with E-state index >= 15 is 0 Å². The Morgan fingerprint density at radius 2 is 2.05 bits per heavy atom. The molecule has 0 aliphatic rings. The Morgan fingerprint density at radius 1 is 1.25 bits per heavy atom. The molecule has 0 aliphatic heterocycles. The molecule has 0 fully saturated rings. The largest absolute Gasteiger partial charge is 0.312 e. The van der Waals surface area contributed by atoms with E-state index in [0.29, 0.717) is 13.0 Å². The van der Waals surface area contributed by atoms with E-state index in [-0.39, 0.29) is 5.91 Å². The van der Waals surface area contributed by atoms with Gasteiger partial charge in [0.15, 0.2) is 0 Å². The van der Waals surface area contributed by atoms with Crippen LogP contribution in [-0.4, -0.2) is 12.5 Å². The highest BCUT2D eigenvalue weighted by Gasteiger charge is 2.15. The van der Waals surface area contributed by atoms with Gasteiger partial charge in [0.25, 0.3) is 0 Å². The van der Waals surface area contributed by atoms with Crippen molar-refractivity contribution in [1.82, 2.24) is 0 Å². The number of nitrogens with zero attached hydrogens (tertiary/aromatic N) is 1. The molecule has 0 radical (unpaired) electrons. The van der Waals surface area contributed by atoms with Crippen LogP contribution in [0.4, 0.5) is 5.69 Å². The summed E-state index contributed by atoms with van der Waals surface area (Å²) in [6.45, 7) is 6.87. The highest BCUT2D eigenvalue weighted by atomic mass is 32.1. The van der Waals surface area contributed by atoms with Crippen molar-refractivity contribution in [3.63, 3.8) is 0 Å². The first-order valence-electron chi connectivity index (χ1n) is 7.00. The molecular weight excluding hydrogens is 266 g/mol. The Labute approximate surface area is 125 Å². The number of rotatable bonds is 5. The summed E-state index contributed by atoms with van der Waals surface area (Å²) in [5.74, 6) is 0.201. The Morgan fingerprint density at radius 3 is 2.70 bits per heavy atom. The lowest BCUT2D eigenvalue weighted by atomic mass is 10.1. The number of carbonyl (C=O) groups excluding carboxylic acids is 1. The van der Waals surface area contributed by atoms with Crippen molar-refractivity contribution in [2.24, 2.45) is 0 Å². The summed E-state index contributed by atoms with van der Waals surface area (Å²) in [6.07, 6.45) is 1.39. The summed E-state index contributed by atoms with van der Waals surface area (Å²) < 4.78 is 0. The van der Waals surface area contributed by atoms with Crippen LogP contribution in [-0.2, 0) is 11.2 Å². The Hall–Kier alpha value is -1.61. The predicted molar refractivity (Wildman–Crippen MR) is 86.6 cm³/mol. The van der Waals surface area contributed by atoms with Crippen LogP contribution in [0.2, 0.25) is 0 Å². The predicted octanol–water partition coefficient (Wildman–Crippen LogP) is 4.35. The summed E-state index contributed by atoms with van der Waals surface area (Å²) in [7, 11) is 0. The first-order chi connectivity index (χ1) is 9.61. The zero-order valence-corrected chi connectivity index (χ0v) is 13.2. The smallest absolute Gasteiger partial charge is 0.227 e. The second kappa shape index (κ2) is 6.71. The molecule has 1 heterocycles. The van der Waals surface area contributed by atoms with Crippen molar-refractivity contribution >= 4 is 22.9 Å². The number of benzene rings is 1. The number of aryl methyl sites for hydroxylation is 3. The van der Waals surface area contributed by atoms with Crippen molar-refractivity contribution in [1.29, 1.82) is 0 Å². The molecule has 1 aromatic carbocycles. The van der Waals surface area contributed by atoms with Gasteiger partial charge in [-0.1, -0.05) is 12.1 Å². The maximum absolute atomic E-state index is 12.5. The topological polar surface area (TPSA) is 20.3 Å². The fourth-order valence-corrected chi connectivity index (χ4v) is 3.02. The number of anilines is 1. The zero-order valence-electron chi connectivity index (χ0n) is 12.3. The number of hydrogen-bond acceptors (Lipinski definition) is 2. The number of thiophene rings is 1. The summed E-state index contributed by atoms with van der Waals surface area (Å²) in [5.41, 5.74) is 4.64. The Bertz CT molecular complexity index is 575. The van der Waals surface area contributed by atoms with E-state index < -0.39 is 0 Å². The third kappa shape index (κ3) is 3.48. The fourth-order valence-electron chi connectivity index (χ4n) is 2.31. The summed E-state index contributed by atoms with van der Waals surface area (Å²) in [4.78, 5) is 14.4. The summed E-state index contributed by atoms with van der Waals surface area (Å²) in [6, 6.07) is 8.36. The Kier molecular flexibility index (Phi) is 4.96. The highest BCUT2D eigenvalue weighted by molar-refractivity contribution is 7.07. The van der Waals surface area contributed by atoms with Gasteiger partial charge in [-0.15, -0.1) is 0 Å². The maximum atomic E-state index is 12.5. The molecule has 0 saturated heterocycles. The van der Waals surface area contributed by atoms with Gasteiger partial charge in [-0.05, 0) is 66.8 Å². The highest BCUT2D eigenvalue weighted by Crippen LogP contribution is 2.22. The van der Waals surface area contributed by atoms with Gasteiger partial charge in [0.1, 0.15) is 0 Å². The number of hydrogen-bond donors (Lipinski definition) is 0. The molecule has 2 nitrogen and oxygen atoms in total. The lowest BCUT2D eigenvalue weighted by Crippen LogP contribution is -2.31. The van der Waals surface area contributed by atoms with E-state index in [1.807, 2.05) is 11.8 Å². The molecule has 0 spiro atoms. The Balaban J connectivity index is 2.10. The van der Waals surface area contributed by atoms with E-state index in [1.54, 1.807) is 11.3 Å². The van der Waals surface area contributed by atoms with Gasteiger partial charge in [-0.3, -0.25) is 4.79 Å². The van der Waals surface area contributed by atoms with Crippen molar-refractivity contribution in [2.75, 3.05) is 11.4 Å². The molecule has 2 rings (SSSR count). The van der Waals surface area contributed by atoms with Gasteiger partial charge in [-0.2, -0.15) is 11.3 Å². The van der Waals surface area contributed by atoms with Crippen LogP contribution in [0.5, 0.6) is 0 Å². The summed E-state index contributed by atoms with van der Waals surface area (Å²) >= 11 is 1.68. The molecule has 1 aromatic heterocycles. The molecule has 0 unspecified atom stereocenters. The van der Waals surface area contributed by atoms with Crippen LogP contribution in [0.15, 0.2) is 35.0 Å². The number of amides is 1. The average Bonchev–Trinajstić information content (AvgIpc) is 2.94. The second-order valence-corrected chi connectivity index (χ2v) is 5.84. The molecule has 0 aliphatic carbocycles.